The van der Waals surface area contributed by atoms with Crippen molar-refractivity contribution < 1.29 is 9.13 Å². The van der Waals surface area contributed by atoms with Crippen molar-refractivity contribution in [1.82, 2.24) is 25.5 Å². The predicted octanol–water partition coefficient (Wildman–Crippen LogP) is 3.81. The number of fused-ring (bicyclic) bond motifs is 1. The number of halogens is 1. The molecule has 1 saturated heterocycles. The summed E-state index contributed by atoms with van der Waals surface area (Å²) in [7, 11) is 0. The number of aromatic amines is 1. The molecule has 29 heavy (non-hydrogen) atoms. The molecule has 0 saturated carbocycles. The Kier molecular flexibility index (Phi) is 4.65. The minimum Gasteiger partial charge on any atom is -0.492 e. The van der Waals surface area contributed by atoms with Gasteiger partial charge in [0.1, 0.15) is 17.3 Å². The first kappa shape index (κ1) is 17.8. The van der Waals surface area contributed by atoms with Gasteiger partial charge in [0.15, 0.2) is 0 Å². The molecule has 2 N–H and O–H groups in total. The first-order valence-corrected chi connectivity index (χ1v) is 9.66. The molecular formula is C22H20FN5O. The van der Waals surface area contributed by atoms with Crippen molar-refractivity contribution in [3.05, 3.63) is 60.8 Å². The Morgan fingerprint density at radius 2 is 2.07 bits per heavy atom. The molecule has 5 rings (SSSR count). The van der Waals surface area contributed by atoms with E-state index in [0.29, 0.717) is 29.5 Å². The zero-order chi connectivity index (χ0) is 19.6. The summed E-state index contributed by atoms with van der Waals surface area (Å²) >= 11 is 0. The van der Waals surface area contributed by atoms with Crippen LogP contribution in [0.5, 0.6) is 5.75 Å². The molecule has 1 aliphatic heterocycles. The van der Waals surface area contributed by atoms with Gasteiger partial charge in [-0.25, -0.2) is 4.39 Å². The van der Waals surface area contributed by atoms with Crippen LogP contribution < -0.4 is 10.1 Å². The van der Waals surface area contributed by atoms with Crippen LogP contribution in [0.15, 0.2) is 55.0 Å². The number of pyridine rings is 2. The second-order valence-corrected chi connectivity index (χ2v) is 7.21. The van der Waals surface area contributed by atoms with Crippen molar-refractivity contribution in [1.29, 1.82) is 0 Å². The molecule has 1 fully saturated rings. The number of hydrogen-bond acceptors (Lipinski definition) is 5. The highest BCUT2D eigenvalue weighted by Crippen LogP contribution is 2.33. The molecule has 0 amide bonds. The first-order chi connectivity index (χ1) is 14.3. The van der Waals surface area contributed by atoms with E-state index in [4.69, 9.17) is 4.74 Å². The third-order valence-corrected chi connectivity index (χ3v) is 5.27. The minimum absolute atomic E-state index is 0.310. The van der Waals surface area contributed by atoms with Gasteiger partial charge >= 0.3 is 0 Å². The van der Waals surface area contributed by atoms with E-state index in [1.54, 1.807) is 36.8 Å². The van der Waals surface area contributed by atoms with E-state index in [1.807, 2.05) is 12.1 Å². The van der Waals surface area contributed by atoms with Crippen LogP contribution in [-0.2, 0) is 0 Å². The van der Waals surface area contributed by atoms with Crippen molar-refractivity contribution in [3.63, 3.8) is 0 Å². The molecule has 0 spiro atoms. The van der Waals surface area contributed by atoms with Crippen LogP contribution in [0.1, 0.15) is 6.42 Å². The van der Waals surface area contributed by atoms with Gasteiger partial charge in [0.2, 0.25) is 0 Å². The molecule has 146 valence electrons. The molecule has 1 atom stereocenters. The van der Waals surface area contributed by atoms with Crippen molar-refractivity contribution in [2.24, 2.45) is 5.92 Å². The van der Waals surface area contributed by atoms with Crippen LogP contribution >= 0.6 is 0 Å². The Hall–Kier alpha value is -3.32. The number of rotatable bonds is 5. The van der Waals surface area contributed by atoms with Crippen molar-refractivity contribution in [2.45, 2.75) is 6.42 Å². The lowest BCUT2D eigenvalue weighted by Gasteiger charge is -2.14. The van der Waals surface area contributed by atoms with Gasteiger partial charge in [0.05, 0.1) is 29.6 Å². The monoisotopic (exact) mass is 389 g/mol. The van der Waals surface area contributed by atoms with E-state index in [0.717, 1.165) is 41.7 Å². The Labute approximate surface area is 167 Å². The van der Waals surface area contributed by atoms with Crippen molar-refractivity contribution in [2.75, 3.05) is 19.7 Å². The molecular weight excluding hydrogens is 369 g/mol. The van der Waals surface area contributed by atoms with E-state index < -0.39 is 0 Å². The third-order valence-electron chi connectivity index (χ3n) is 5.27. The molecule has 7 heteroatoms. The number of ether oxygens (including phenoxy) is 1. The second-order valence-electron chi connectivity index (χ2n) is 7.21. The summed E-state index contributed by atoms with van der Waals surface area (Å²) in [4.78, 5) is 8.80. The van der Waals surface area contributed by atoms with Gasteiger partial charge in [-0.05, 0) is 37.2 Å². The quantitative estimate of drug-likeness (QED) is 0.543. The van der Waals surface area contributed by atoms with Gasteiger partial charge < -0.3 is 10.1 Å². The zero-order valence-electron chi connectivity index (χ0n) is 15.7. The lowest BCUT2D eigenvalue weighted by atomic mass is 10.1. The fourth-order valence-electron chi connectivity index (χ4n) is 3.69. The van der Waals surface area contributed by atoms with E-state index in [1.165, 1.54) is 6.07 Å². The maximum atomic E-state index is 14.3. The molecule has 0 unspecified atom stereocenters. The highest BCUT2D eigenvalue weighted by atomic mass is 19.1. The van der Waals surface area contributed by atoms with E-state index in [2.05, 4.69) is 25.5 Å². The summed E-state index contributed by atoms with van der Waals surface area (Å²) in [5.41, 5.74) is 3.28. The molecule has 0 radical (unpaired) electrons. The maximum Gasteiger partial charge on any atom is 0.132 e. The van der Waals surface area contributed by atoms with Gasteiger partial charge in [0.25, 0.3) is 0 Å². The number of hydrogen-bond donors (Lipinski definition) is 2. The van der Waals surface area contributed by atoms with Crippen LogP contribution in [0, 0.1) is 11.7 Å². The van der Waals surface area contributed by atoms with Crippen molar-refractivity contribution in [3.8, 4) is 28.3 Å². The Morgan fingerprint density at radius 3 is 2.93 bits per heavy atom. The maximum absolute atomic E-state index is 14.3. The Morgan fingerprint density at radius 1 is 1.14 bits per heavy atom. The van der Waals surface area contributed by atoms with Crippen LogP contribution in [0.2, 0.25) is 0 Å². The molecule has 1 aromatic carbocycles. The predicted molar refractivity (Wildman–Crippen MR) is 109 cm³/mol. The lowest BCUT2D eigenvalue weighted by Crippen LogP contribution is -2.15. The fourth-order valence-corrected chi connectivity index (χ4v) is 3.69. The molecule has 0 bridgehead atoms. The molecule has 4 heterocycles. The van der Waals surface area contributed by atoms with Gasteiger partial charge in [0, 0.05) is 35.8 Å². The largest absolute Gasteiger partial charge is 0.492 e. The van der Waals surface area contributed by atoms with Crippen LogP contribution in [0.4, 0.5) is 4.39 Å². The number of nitrogens with one attached hydrogen (secondary N) is 2. The number of aromatic nitrogens is 4. The van der Waals surface area contributed by atoms with Crippen molar-refractivity contribution >= 4 is 10.9 Å². The van der Waals surface area contributed by atoms with Crippen LogP contribution in [0.3, 0.4) is 0 Å². The highest BCUT2D eigenvalue weighted by Gasteiger charge is 2.18. The average molecular weight is 389 g/mol. The Balaban J connectivity index is 1.53. The molecule has 6 nitrogen and oxygen atoms in total. The summed E-state index contributed by atoms with van der Waals surface area (Å²) in [6.07, 6.45) is 6.29. The van der Waals surface area contributed by atoms with Gasteiger partial charge in [-0.15, -0.1) is 0 Å². The molecule has 3 aromatic heterocycles. The summed E-state index contributed by atoms with van der Waals surface area (Å²) in [6, 6.07) is 10.4. The molecule has 4 aromatic rings. The summed E-state index contributed by atoms with van der Waals surface area (Å²) in [5.74, 6) is 0.942. The number of benzene rings is 1. The summed E-state index contributed by atoms with van der Waals surface area (Å²) < 4.78 is 20.4. The fraction of sp³-hybridized carbons (Fsp3) is 0.227. The van der Waals surface area contributed by atoms with E-state index >= 15 is 0 Å². The van der Waals surface area contributed by atoms with Gasteiger partial charge in [-0.1, -0.05) is 12.1 Å². The second kappa shape index (κ2) is 7.60. The number of nitrogens with zero attached hydrogens (tertiary/aromatic N) is 3. The first-order valence-electron chi connectivity index (χ1n) is 9.66. The topological polar surface area (TPSA) is 75.7 Å². The third kappa shape index (κ3) is 3.45. The van der Waals surface area contributed by atoms with Crippen LogP contribution in [0.25, 0.3) is 33.4 Å². The standard InChI is InChI=1S/C22H20FN5O/c23-18-4-2-1-3-15(18)22-16-9-19(26-12-20(16)27-28-22)17-11-25-8-6-21(17)29-13-14-5-7-24-10-14/h1-4,6,8-9,11-12,14,24H,5,7,10,13H2,(H,27,28)/t14-/m1/s1. The Bertz CT molecular complexity index is 1150. The van der Waals surface area contributed by atoms with E-state index in [9.17, 15) is 4.39 Å². The average Bonchev–Trinajstić information content (AvgIpc) is 3.42. The summed E-state index contributed by atoms with van der Waals surface area (Å²) in [6.45, 7) is 2.67. The smallest absolute Gasteiger partial charge is 0.132 e. The van der Waals surface area contributed by atoms with Gasteiger partial charge in [-0.3, -0.25) is 15.1 Å². The molecule has 0 aliphatic carbocycles. The molecule has 1 aliphatic rings. The van der Waals surface area contributed by atoms with E-state index in [-0.39, 0.29) is 5.82 Å². The lowest BCUT2D eigenvalue weighted by molar-refractivity contribution is 0.261. The SMILES string of the molecule is Fc1ccccc1-c1n[nH]c2cnc(-c3cnccc3OC[C@@H]3CCNC3)cc12. The highest BCUT2D eigenvalue weighted by molar-refractivity contribution is 5.94. The van der Waals surface area contributed by atoms with Crippen LogP contribution in [-0.4, -0.2) is 39.9 Å². The normalized spacial score (nSPS) is 16.4. The zero-order valence-corrected chi connectivity index (χ0v) is 15.7. The summed E-state index contributed by atoms with van der Waals surface area (Å²) in [5, 5.41) is 11.4. The minimum atomic E-state index is -0.310. The van der Waals surface area contributed by atoms with Gasteiger partial charge in [-0.2, -0.15) is 5.10 Å². The number of H-pyrrole nitrogens is 1.